The van der Waals surface area contributed by atoms with E-state index in [2.05, 4.69) is 34.3 Å². The van der Waals surface area contributed by atoms with E-state index in [0.29, 0.717) is 11.6 Å². The predicted octanol–water partition coefficient (Wildman–Crippen LogP) is 1.91. The molecular weight excluding hydrogens is 240 g/mol. The average Bonchev–Trinajstić information content (AvgIpc) is 2.88. The molecule has 6 heteroatoms. The van der Waals surface area contributed by atoms with Crippen LogP contribution in [0.3, 0.4) is 0 Å². The van der Waals surface area contributed by atoms with E-state index in [0.717, 1.165) is 36.3 Å². The standard InChI is InChI=1S/C13H20N6/c1-4-8-19-11(6-7-15-19)13-16-10(5-2)9(3)12(17-13)18-14/h6-7H,4-5,8,14H2,1-3H3,(H,16,17,18). The molecule has 6 nitrogen and oxygen atoms in total. The lowest BCUT2D eigenvalue weighted by atomic mass is 10.2. The molecule has 0 radical (unpaired) electrons. The van der Waals surface area contributed by atoms with Crippen molar-refractivity contribution in [1.29, 1.82) is 0 Å². The van der Waals surface area contributed by atoms with E-state index in [9.17, 15) is 0 Å². The Bertz CT molecular complexity index is 535. The number of hydrogen-bond donors (Lipinski definition) is 2. The number of aromatic nitrogens is 4. The second-order valence-electron chi connectivity index (χ2n) is 4.40. The van der Waals surface area contributed by atoms with Crippen molar-refractivity contribution < 1.29 is 0 Å². The van der Waals surface area contributed by atoms with E-state index < -0.39 is 0 Å². The second-order valence-corrected chi connectivity index (χ2v) is 4.40. The quantitative estimate of drug-likeness (QED) is 0.634. The Balaban J connectivity index is 2.52. The first-order chi connectivity index (χ1) is 9.21. The van der Waals surface area contributed by atoms with Crippen LogP contribution in [0.4, 0.5) is 5.82 Å². The van der Waals surface area contributed by atoms with Crippen molar-refractivity contribution >= 4 is 5.82 Å². The third kappa shape index (κ3) is 2.58. The van der Waals surface area contributed by atoms with Gasteiger partial charge in [-0.1, -0.05) is 13.8 Å². The van der Waals surface area contributed by atoms with Crippen molar-refractivity contribution in [2.45, 2.75) is 40.2 Å². The van der Waals surface area contributed by atoms with E-state index in [1.54, 1.807) is 6.20 Å². The minimum atomic E-state index is 0.668. The molecule has 0 aliphatic carbocycles. The SMILES string of the molecule is CCCn1nccc1-c1nc(CC)c(C)c(NN)n1. The van der Waals surface area contributed by atoms with Gasteiger partial charge in [0.1, 0.15) is 11.5 Å². The van der Waals surface area contributed by atoms with Crippen LogP contribution in [0.25, 0.3) is 11.5 Å². The number of nitrogens with two attached hydrogens (primary N) is 1. The number of nitrogens with one attached hydrogen (secondary N) is 1. The first-order valence-corrected chi connectivity index (χ1v) is 6.57. The Labute approximate surface area is 113 Å². The summed E-state index contributed by atoms with van der Waals surface area (Å²) in [6, 6.07) is 1.93. The summed E-state index contributed by atoms with van der Waals surface area (Å²) in [5.74, 6) is 6.87. The maximum absolute atomic E-state index is 5.53. The smallest absolute Gasteiger partial charge is 0.180 e. The second kappa shape index (κ2) is 5.79. The Hall–Kier alpha value is -1.95. The van der Waals surface area contributed by atoms with E-state index in [4.69, 9.17) is 5.84 Å². The third-order valence-corrected chi connectivity index (χ3v) is 3.10. The number of hydrazine groups is 1. The molecule has 0 fully saturated rings. The molecule has 0 spiro atoms. The van der Waals surface area contributed by atoms with Gasteiger partial charge in [-0.2, -0.15) is 5.10 Å². The molecule has 0 bridgehead atoms. The topological polar surface area (TPSA) is 81.7 Å². The van der Waals surface area contributed by atoms with Gasteiger partial charge in [0.15, 0.2) is 5.82 Å². The van der Waals surface area contributed by atoms with Gasteiger partial charge in [-0.15, -0.1) is 0 Å². The minimum Gasteiger partial charge on any atom is -0.308 e. The minimum absolute atomic E-state index is 0.668. The van der Waals surface area contributed by atoms with Gasteiger partial charge >= 0.3 is 0 Å². The van der Waals surface area contributed by atoms with Gasteiger partial charge in [0.25, 0.3) is 0 Å². The van der Waals surface area contributed by atoms with Gasteiger partial charge in [-0.25, -0.2) is 15.8 Å². The van der Waals surface area contributed by atoms with Gasteiger partial charge in [0, 0.05) is 24.0 Å². The highest BCUT2D eigenvalue weighted by Gasteiger charge is 2.13. The van der Waals surface area contributed by atoms with Crippen molar-refractivity contribution in [2.75, 3.05) is 5.43 Å². The molecule has 2 aromatic heterocycles. The van der Waals surface area contributed by atoms with Gasteiger partial charge < -0.3 is 5.43 Å². The fourth-order valence-electron chi connectivity index (χ4n) is 2.08. The van der Waals surface area contributed by atoms with Gasteiger partial charge in [-0.05, 0) is 25.8 Å². The zero-order chi connectivity index (χ0) is 13.8. The van der Waals surface area contributed by atoms with Crippen LogP contribution in [0, 0.1) is 6.92 Å². The zero-order valence-electron chi connectivity index (χ0n) is 11.6. The molecule has 0 amide bonds. The number of nitrogen functional groups attached to an aromatic ring is 1. The molecule has 2 heterocycles. The van der Waals surface area contributed by atoms with Crippen molar-refractivity contribution in [3.63, 3.8) is 0 Å². The number of anilines is 1. The van der Waals surface area contributed by atoms with Crippen LogP contribution < -0.4 is 11.3 Å². The zero-order valence-corrected chi connectivity index (χ0v) is 11.6. The monoisotopic (exact) mass is 260 g/mol. The normalized spacial score (nSPS) is 10.7. The first-order valence-electron chi connectivity index (χ1n) is 6.57. The van der Waals surface area contributed by atoms with Crippen LogP contribution in [0.5, 0.6) is 0 Å². The van der Waals surface area contributed by atoms with Crippen LogP contribution in [0.2, 0.25) is 0 Å². The number of nitrogens with zero attached hydrogens (tertiary/aromatic N) is 4. The van der Waals surface area contributed by atoms with Crippen LogP contribution in [-0.4, -0.2) is 19.7 Å². The maximum Gasteiger partial charge on any atom is 0.180 e. The highest BCUT2D eigenvalue weighted by atomic mass is 15.3. The molecule has 0 unspecified atom stereocenters. The molecule has 2 rings (SSSR count). The lowest BCUT2D eigenvalue weighted by Gasteiger charge is -2.11. The van der Waals surface area contributed by atoms with Crippen molar-refractivity contribution in [3.05, 3.63) is 23.5 Å². The third-order valence-electron chi connectivity index (χ3n) is 3.10. The van der Waals surface area contributed by atoms with E-state index >= 15 is 0 Å². The molecule has 3 N–H and O–H groups in total. The van der Waals surface area contributed by atoms with Gasteiger partial charge in [-0.3, -0.25) is 4.68 Å². The van der Waals surface area contributed by atoms with Crippen molar-refractivity contribution in [3.8, 4) is 11.5 Å². The summed E-state index contributed by atoms with van der Waals surface area (Å²) in [5.41, 5.74) is 5.56. The van der Waals surface area contributed by atoms with E-state index in [1.165, 1.54) is 0 Å². The largest absolute Gasteiger partial charge is 0.308 e. The molecule has 0 aliphatic heterocycles. The summed E-state index contributed by atoms with van der Waals surface area (Å²) in [7, 11) is 0. The molecule has 19 heavy (non-hydrogen) atoms. The average molecular weight is 260 g/mol. The highest BCUT2D eigenvalue weighted by Crippen LogP contribution is 2.21. The number of aryl methyl sites for hydroxylation is 2. The molecule has 2 aromatic rings. The fraction of sp³-hybridized carbons (Fsp3) is 0.462. The first kappa shape index (κ1) is 13.5. The van der Waals surface area contributed by atoms with Crippen LogP contribution in [0.15, 0.2) is 12.3 Å². The summed E-state index contributed by atoms with van der Waals surface area (Å²) in [6.45, 7) is 7.02. The van der Waals surface area contributed by atoms with Crippen molar-refractivity contribution in [1.82, 2.24) is 19.7 Å². The molecule has 0 saturated carbocycles. The molecule has 0 aliphatic rings. The fourth-order valence-corrected chi connectivity index (χ4v) is 2.08. The Kier molecular flexibility index (Phi) is 4.11. The number of hydrogen-bond acceptors (Lipinski definition) is 5. The van der Waals surface area contributed by atoms with E-state index in [-0.39, 0.29) is 0 Å². The van der Waals surface area contributed by atoms with Crippen LogP contribution >= 0.6 is 0 Å². The summed E-state index contributed by atoms with van der Waals surface area (Å²) < 4.78 is 1.92. The molecule has 0 saturated heterocycles. The van der Waals surface area contributed by atoms with Crippen LogP contribution in [0.1, 0.15) is 31.5 Å². The Morgan fingerprint density at radius 3 is 2.74 bits per heavy atom. The summed E-state index contributed by atoms with van der Waals surface area (Å²) in [6.07, 6.45) is 3.64. The Morgan fingerprint density at radius 1 is 1.32 bits per heavy atom. The highest BCUT2D eigenvalue weighted by molar-refractivity contribution is 5.56. The summed E-state index contributed by atoms with van der Waals surface area (Å²) in [5, 5.41) is 4.30. The van der Waals surface area contributed by atoms with Gasteiger partial charge in [0.05, 0.1) is 0 Å². The predicted molar refractivity (Wildman–Crippen MR) is 75.5 cm³/mol. The van der Waals surface area contributed by atoms with Gasteiger partial charge in [0.2, 0.25) is 0 Å². The summed E-state index contributed by atoms with van der Waals surface area (Å²) >= 11 is 0. The van der Waals surface area contributed by atoms with E-state index in [1.807, 2.05) is 17.7 Å². The Morgan fingerprint density at radius 2 is 2.11 bits per heavy atom. The molecule has 102 valence electrons. The molecular formula is C13H20N6. The molecule has 0 aromatic carbocycles. The number of rotatable bonds is 5. The van der Waals surface area contributed by atoms with Crippen LogP contribution in [-0.2, 0) is 13.0 Å². The maximum atomic E-state index is 5.53. The lowest BCUT2D eigenvalue weighted by molar-refractivity contribution is 0.606. The molecule has 0 atom stereocenters. The summed E-state index contributed by atoms with van der Waals surface area (Å²) in [4.78, 5) is 9.09. The van der Waals surface area contributed by atoms with Crippen molar-refractivity contribution in [2.24, 2.45) is 5.84 Å². The lowest BCUT2D eigenvalue weighted by Crippen LogP contribution is -2.14.